The summed E-state index contributed by atoms with van der Waals surface area (Å²) in [5.41, 5.74) is 8.70. The number of ether oxygens (including phenoxy) is 1. The van der Waals surface area contributed by atoms with Crippen LogP contribution >= 0.6 is 11.3 Å². The summed E-state index contributed by atoms with van der Waals surface area (Å²) in [7, 11) is -3.98. The molecule has 11 nitrogen and oxygen atoms in total. The van der Waals surface area contributed by atoms with E-state index in [0.29, 0.717) is 5.69 Å². The van der Waals surface area contributed by atoms with Gasteiger partial charge in [-0.2, -0.15) is 4.31 Å². The quantitative estimate of drug-likeness (QED) is 0.234. The van der Waals surface area contributed by atoms with Gasteiger partial charge in [-0.15, -0.1) is 11.3 Å². The topological polar surface area (TPSA) is 155 Å². The Balaban J connectivity index is 1.53. The van der Waals surface area contributed by atoms with Crippen LogP contribution in [0.3, 0.4) is 0 Å². The van der Waals surface area contributed by atoms with Crippen LogP contribution in [-0.4, -0.2) is 77.6 Å². The molecule has 0 radical (unpaired) electrons. The van der Waals surface area contributed by atoms with Crippen molar-refractivity contribution < 1.29 is 27.9 Å². The van der Waals surface area contributed by atoms with Crippen molar-refractivity contribution in [1.82, 2.24) is 19.5 Å². The molecule has 1 aliphatic rings. The summed E-state index contributed by atoms with van der Waals surface area (Å²) >= 11 is 1.40. The summed E-state index contributed by atoms with van der Waals surface area (Å²) in [6.45, 7) is 4.15. The fourth-order valence-electron chi connectivity index (χ4n) is 4.58. The minimum atomic E-state index is -3.98. The number of carbonyl (C=O) groups excluding carboxylic acids is 2. The molecule has 4 atom stereocenters. The molecule has 226 valence electrons. The molecule has 4 rings (SSSR count). The number of aliphatic hydroxyl groups excluding tert-OH is 1. The third-order valence-corrected chi connectivity index (χ3v) is 9.83. The number of hydrogen-bond donors (Lipinski definition) is 3. The Morgan fingerprint density at radius 1 is 1.21 bits per heavy atom. The Hall–Kier alpha value is -3.52. The van der Waals surface area contributed by atoms with Crippen molar-refractivity contribution >= 4 is 39.0 Å². The highest BCUT2D eigenvalue weighted by Gasteiger charge is 2.38. The number of aromatic nitrogens is 1. The van der Waals surface area contributed by atoms with Gasteiger partial charge in [0.25, 0.3) is 5.91 Å². The maximum Gasteiger partial charge on any atom is 0.411 e. The zero-order valence-electron chi connectivity index (χ0n) is 23.6. The third kappa shape index (κ3) is 8.06. The van der Waals surface area contributed by atoms with Gasteiger partial charge < -0.3 is 20.9 Å². The summed E-state index contributed by atoms with van der Waals surface area (Å²) in [4.78, 5) is 32.1. The number of cyclic esters (lactones) is 1. The number of sulfonamides is 1. The molecule has 2 aromatic carbocycles. The molecule has 1 fully saturated rings. The second-order valence-electron chi connectivity index (χ2n) is 10.5. The highest BCUT2D eigenvalue weighted by molar-refractivity contribution is 7.89. The van der Waals surface area contributed by atoms with E-state index in [1.165, 1.54) is 44.8 Å². The van der Waals surface area contributed by atoms with Gasteiger partial charge >= 0.3 is 6.09 Å². The normalized spacial score (nSPS) is 17.6. The molecule has 3 aromatic rings. The lowest BCUT2D eigenvalue weighted by Gasteiger charge is -2.31. The van der Waals surface area contributed by atoms with E-state index in [-0.39, 0.29) is 43.4 Å². The van der Waals surface area contributed by atoms with Crippen molar-refractivity contribution in [2.75, 3.05) is 25.4 Å². The van der Waals surface area contributed by atoms with Gasteiger partial charge in [0.1, 0.15) is 0 Å². The number of amides is 2. The van der Waals surface area contributed by atoms with Crippen LogP contribution in [0.2, 0.25) is 0 Å². The molecule has 1 aromatic heterocycles. The van der Waals surface area contributed by atoms with E-state index in [1.807, 2.05) is 44.2 Å². The summed E-state index contributed by atoms with van der Waals surface area (Å²) in [6, 6.07) is 14.3. The lowest BCUT2D eigenvalue weighted by molar-refractivity contribution is -0.129. The third-order valence-electron chi connectivity index (χ3n) is 7.22. The second-order valence-corrected chi connectivity index (χ2v) is 13.4. The van der Waals surface area contributed by atoms with E-state index in [2.05, 4.69) is 10.3 Å². The molecule has 2 heterocycles. The molecule has 0 bridgehead atoms. The molecule has 0 aliphatic carbocycles. The van der Waals surface area contributed by atoms with E-state index in [0.717, 1.165) is 16.9 Å². The SMILES string of the molecule is CC[C@@H](C)CN(C[C@@H](O)[C@H](Cc1ccccc1)NC(=O)[C@@H]1CN(Cc2cncs2)C(=O)O1)S(=O)(=O)c1ccc(N)cc1. The van der Waals surface area contributed by atoms with Crippen LogP contribution in [-0.2, 0) is 32.5 Å². The van der Waals surface area contributed by atoms with Gasteiger partial charge in [-0.25, -0.2) is 13.2 Å². The number of nitrogens with one attached hydrogen (secondary N) is 1. The molecule has 13 heteroatoms. The summed E-state index contributed by atoms with van der Waals surface area (Å²) in [6.07, 6.45) is -0.339. The lowest BCUT2D eigenvalue weighted by Crippen LogP contribution is -2.53. The van der Waals surface area contributed by atoms with Crippen LogP contribution < -0.4 is 11.1 Å². The van der Waals surface area contributed by atoms with Crippen LogP contribution in [0.1, 0.15) is 30.7 Å². The number of anilines is 1. The number of nitrogens with zero attached hydrogens (tertiary/aromatic N) is 3. The zero-order chi connectivity index (χ0) is 30.3. The number of hydrogen-bond acceptors (Lipinski definition) is 9. The first-order valence-electron chi connectivity index (χ1n) is 13.8. The van der Waals surface area contributed by atoms with Crippen molar-refractivity contribution in [1.29, 1.82) is 0 Å². The Morgan fingerprint density at radius 3 is 2.57 bits per heavy atom. The minimum Gasteiger partial charge on any atom is -0.434 e. The van der Waals surface area contributed by atoms with Gasteiger partial charge in [-0.3, -0.25) is 14.7 Å². The number of rotatable bonds is 14. The van der Waals surface area contributed by atoms with E-state index >= 15 is 0 Å². The second kappa shape index (κ2) is 14.1. The molecule has 4 N–H and O–H groups in total. The van der Waals surface area contributed by atoms with Crippen molar-refractivity contribution in [2.24, 2.45) is 5.92 Å². The van der Waals surface area contributed by atoms with E-state index in [4.69, 9.17) is 10.5 Å². The van der Waals surface area contributed by atoms with Crippen LogP contribution in [0.25, 0.3) is 0 Å². The van der Waals surface area contributed by atoms with Gasteiger partial charge in [0.05, 0.1) is 35.6 Å². The van der Waals surface area contributed by atoms with E-state index in [1.54, 1.807) is 11.7 Å². The van der Waals surface area contributed by atoms with Crippen LogP contribution in [0.15, 0.2) is 71.2 Å². The van der Waals surface area contributed by atoms with Gasteiger partial charge in [0.15, 0.2) is 6.10 Å². The predicted molar refractivity (Wildman–Crippen MR) is 160 cm³/mol. The smallest absolute Gasteiger partial charge is 0.411 e. The van der Waals surface area contributed by atoms with E-state index in [9.17, 15) is 23.1 Å². The monoisotopic (exact) mass is 615 g/mol. The molecule has 1 saturated heterocycles. The Bertz CT molecular complexity index is 1420. The van der Waals surface area contributed by atoms with Crippen molar-refractivity contribution in [3.05, 3.63) is 76.7 Å². The van der Waals surface area contributed by atoms with Gasteiger partial charge in [-0.05, 0) is 42.2 Å². The van der Waals surface area contributed by atoms with Gasteiger partial charge in [-0.1, -0.05) is 50.6 Å². The van der Waals surface area contributed by atoms with Crippen LogP contribution in [0.5, 0.6) is 0 Å². The number of nitrogens with two attached hydrogens (primary N) is 1. The van der Waals surface area contributed by atoms with Gasteiger partial charge in [0, 0.05) is 29.9 Å². The number of thiazole rings is 1. The van der Waals surface area contributed by atoms with Crippen molar-refractivity contribution in [2.45, 2.75) is 56.4 Å². The number of aliphatic hydroxyl groups is 1. The van der Waals surface area contributed by atoms with Crippen molar-refractivity contribution in [3.8, 4) is 0 Å². The molecule has 2 amide bonds. The summed E-state index contributed by atoms with van der Waals surface area (Å²) in [5, 5.41) is 14.3. The first-order valence-corrected chi connectivity index (χ1v) is 16.1. The Labute approximate surface area is 250 Å². The largest absolute Gasteiger partial charge is 0.434 e. The maximum atomic E-state index is 13.7. The van der Waals surface area contributed by atoms with Crippen LogP contribution in [0, 0.1) is 5.92 Å². The fourth-order valence-corrected chi connectivity index (χ4v) is 6.77. The Morgan fingerprint density at radius 2 is 1.93 bits per heavy atom. The number of benzene rings is 2. The minimum absolute atomic E-state index is 0.0188. The first kappa shape index (κ1) is 31.4. The standard InChI is InChI=1S/C29H37N5O6S2/c1-3-20(2)15-34(42(38,39)24-11-9-22(30)10-12-24)17-26(35)25(13-21-7-5-4-6-8-21)32-28(36)27-18-33(29(37)40-27)16-23-14-31-19-41-23/h4-12,14,19-20,25-27,35H,3,13,15-18,30H2,1-2H3,(H,32,36)/t20-,25+,26-,27+/m1/s1. The highest BCUT2D eigenvalue weighted by Crippen LogP contribution is 2.22. The number of carbonyl (C=O) groups is 2. The van der Waals surface area contributed by atoms with Gasteiger partial charge in [0.2, 0.25) is 10.0 Å². The van der Waals surface area contributed by atoms with E-state index < -0.39 is 40.3 Å². The molecular formula is C29H37N5O6S2. The van der Waals surface area contributed by atoms with Crippen LogP contribution in [0.4, 0.5) is 10.5 Å². The summed E-state index contributed by atoms with van der Waals surface area (Å²) < 4.78 is 33.9. The molecular weight excluding hydrogens is 578 g/mol. The molecule has 0 unspecified atom stereocenters. The first-order chi connectivity index (χ1) is 20.1. The number of nitrogen functional groups attached to an aromatic ring is 1. The lowest BCUT2D eigenvalue weighted by atomic mass is 10.0. The average Bonchev–Trinajstić information content (AvgIpc) is 3.62. The molecule has 0 saturated carbocycles. The average molecular weight is 616 g/mol. The fraction of sp³-hybridized carbons (Fsp3) is 0.414. The summed E-state index contributed by atoms with van der Waals surface area (Å²) in [5.74, 6) is -0.546. The molecule has 42 heavy (non-hydrogen) atoms. The molecule has 0 spiro atoms. The predicted octanol–water partition coefficient (Wildman–Crippen LogP) is 2.87. The highest BCUT2D eigenvalue weighted by atomic mass is 32.2. The molecule has 1 aliphatic heterocycles. The maximum absolute atomic E-state index is 13.7. The van der Waals surface area contributed by atoms with Crippen molar-refractivity contribution in [3.63, 3.8) is 0 Å². The zero-order valence-corrected chi connectivity index (χ0v) is 25.3. The Kier molecular flexibility index (Phi) is 10.5.